The molecule has 0 atom stereocenters. The summed E-state index contributed by atoms with van der Waals surface area (Å²) >= 11 is 0. The smallest absolute Gasteiger partial charge is 0.255 e. The van der Waals surface area contributed by atoms with Crippen LogP contribution in [0.5, 0.6) is 0 Å². The van der Waals surface area contributed by atoms with Gasteiger partial charge in [0.25, 0.3) is 5.91 Å². The van der Waals surface area contributed by atoms with Gasteiger partial charge in [0.15, 0.2) is 0 Å². The quantitative estimate of drug-likeness (QED) is 0.696. The number of furan rings is 1. The highest BCUT2D eigenvalue weighted by molar-refractivity contribution is 6.09. The monoisotopic (exact) mass is 364 g/mol. The average molecular weight is 364 g/mol. The van der Waals surface area contributed by atoms with Gasteiger partial charge in [0.2, 0.25) is 5.71 Å². The van der Waals surface area contributed by atoms with Crippen molar-refractivity contribution in [3.05, 3.63) is 53.0 Å². The van der Waals surface area contributed by atoms with E-state index in [4.69, 9.17) is 4.42 Å². The predicted octanol–water partition coefficient (Wildman–Crippen LogP) is 3.78. The van der Waals surface area contributed by atoms with E-state index >= 15 is 0 Å². The number of amides is 1. The third-order valence-corrected chi connectivity index (χ3v) is 5.15. The van der Waals surface area contributed by atoms with Crippen molar-refractivity contribution >= 4 is 22.8 Å². The Hall–Kier alpha value is -2.89. The number of anilines is 1. The molecule has 0 unspecified atom stereocenters. The number of nitrogens with zero attached hydrogens (tertiary/aromatic N) is 2. The summed E-state index contributed by atoms with van der Waals surface area (Å²) in [7, 11) is 0. The molecule has 2 heterocycles. The fourth-order valence-electron chi connectivity index (χ4n) is 3.20. The minimum atomic E-state index is -0.168. The number of rotatable bonds is 6. The van der Waals surface area contributed by atoms with Crippen LogP contribution < -0.4 is 10.6 Å². The van der Waals surface area contributed by atoms with E-state index in [9.17, 15) is 4.79 Å². The maximum Gasteiger partial charge on any atom is 0.255 e. The number of aromatic nitrogens is 2. The summed E-state index contributed by atoms with van der Waals surface area (Å²) in [6.07, 6.45) is 4.44. The highest BCUT2D eigenvalue weighted by atomic mass is 16.3. The van der Waals surface area contributed by atoms with Gasteiger partial charge in [0, 0.05) is 12.1 Å². The molecular formula is C21H24N4O2. The van der Waals surface area contributed by atoms with Gasteiger partial charge in [0.05, 0.1) is 10.9 Å². The van der Waals surface area contributed by atoms with Crippen molar-refractivity contribution in [3.63, 3.8) is 0 Å². The van der Waals surface area contributed by atoms with Gasteiger partial charge in [-0.1, -0.05) is 24.3 Å². The lowest BCUT2D eigenvalue weighted by atomic mass is 10.1. The molecule has 2 N–H and O–H groups in total. The van der Waals surface area contributed by atoms with E-state index in [0.717, 1.165) is 19.3 Å². The lowest BCUT2D eigenvalue weighted by Gasteiger charge is -2.14. The number of benzene rings is 1. The summed E-state index contributed by atoms with van der Waals surface area (Å²) in [5, 5.41) is 7.10. The number of aryl methyl sites for hydroxylation is 2. The number of nitrogens with one attached hydrogen (secondary N) is 2. The Morgan fingerprint density at radius 2 is 2.00 bits per heavy atom. The van der Waals surface area contributed by atoms with Crippen molar-refractivity contribution < 1.29 is 9.21 Å². The van der Waals surface area contributed by atoms with Crippen LogP contribution >= 0.6 is 0 Å². The first kappa shape index (κ1) is 17.5. The molecule has 1 aromatic carbocycles. The van der Waals surface area contributed by atoms with Crippen molar-refractivity contribution in [1.29, 1.82) is 0 Å². The molecule has 0 saturated heterocycles. The highest BCUT2D eigenvalue weighted by Gasteiger charge is 2.38. The van der Waals surface area contributed by atoms with Gasteiger partial charge in [-0.15, -0.1) is 0 Å². The lowest BCUT2D eigenvalue weighted by Crippen LogP contribution is -2.26. The first-order valence-electron chi connectivity index (χ1n) is 9.32. The fourth-order valence-corrected chi connectivity index (χ4v) is 3.20. The molecule has 6 nitrogen and oxygen atoms in total. The van der Waals surface area contributed by atoms with Crippen molar-refractivity contribution in [2.75, 3.05) is 11.9 Å². The topological polar surface area (TPSA) is 80.0 Å². The van der Waals surface area contributed by atoms with Gasteiger partial charge in [-0.05, 0) is 51.2 Å². The third kappa shape index (κ3) is 3.65. The summed E-state index contributed by atoms with van der Waals surface area (Å²) < 4.78 is 5.56. The summed E-state index contributed by atoms with van der Waals surface area (Å²) in [6.45, 7) is 6.61. The highest BCUT2D eigenvalue weighted by Crippen LogP contribution is 2.39. The fraction of sp³-hybridized carbons (Fsp3) is 0.381. The zero-order valence-corrected chi connectivity index (χ0v) is 15.9. The standard InChI is InChI=1S/C21H24N4O2/c1-13-6-4-5-7-15(13)8-11-22-19(26)16-12-27-20-17(16)18(23-14(2)24-20)25-21(3)9-10-21/h4-7,12H,8-11H2,1-3H3,(H,22,26)(H,23,24,25). The van der Waals surface area contributed by atoms with Crippen LogP contribution in [0.3, 0.4) is 0 Å². The van der Waals surface area contributed by atoms with Crippen molar-refractivity contribution in [1.82, 2.24) is 15.3 Å². The average Bonchev–Trinajstić information content (AvgIpc) is 3.19. The minimum absolute atomic E-state index is 0.0452. The summed E-state index contributed by atoms with van der Waals surface area (Å²) in [6, 6.07) is 8.20. The zero-order chi connectivity index (χ0) is 19.0. The maximum atomic E-state index is 12.8. The van der Waals surface area contributed by atoms with Gasteiger partial charge >= 0.3 is 0 Å². The van der Waals surface area contributed by atoms with Crippen molar-refractivity contribution in [2.24, 2.45) is 0 Å². The van der Waals surface area contributed by atoms with Crippen molar-refractivity contribution in [2.45, 2.75) is 45.6 Å². The molecule has 0 aliphatic heterocycles. The number of hydrogen-bond acceptors (Lipinski definition) is 5. The molecule has 0 bridgehead atoms. The molecule has 1 aliphatic carbocycles. The normalized spacial score (nSPS) is 14.9. The van der Waals surface area contributed by atoms with E-state index in [1.165, 1.54) is 17.4 Å². The van der Waals surface area contributed by atoms with Gasteiger partial charge in [-0.25, -0.2) is 4.98 Å². The molecule has 0 radical (unpaired) electrons. The van der Waals surface area contributed by atoms with Crippen LogP contribution in [0.25, 0.3) is 11.1 Å². The lowest BCUT2D eigenvalue weighted by molar-refractivity contribution is 0.0955. The summed E-state index contributed by atoms with van der Waals surface area (Å²) in [4.78, 5) is 21.6. The van der Waals surface area contributed by atoms with Crippen LogP contribution in [0.15, 0.2) is 34.9 Å². The largest absolute Gasteiger partial charge is 0.445 e. The Morgan fingerprint density at radius 3 is 2.74 bits per heavy atom. The van der Waals surface area contributed by atoms with Crippen LogP contribution in [0.1, 0.15) is 47.1 Å². The number of carbonyl (C=O) groups is 1. The molecule has 1 amide bonds. The molecule has 1 saturated carbocycles. The van der Waals surface area contributed by atoms with E-state index in [1.807, 2.05) is 19.1 Å². The predicted molar refractivity (Wildman–Crippen MR) is 105 cm³/mol. The molecule has 1 aliphatic rings. The molecular weight excluding hydrogens is 340 g/mol. The van der Waals surface area contributed by atoms with E-state index in [2.05, 4.69) is 46.6 Å². The van der Waals surface area contributed by atoms with Gasteiger partial charge in [0.1, 0.15) is 17.9 Å². The molecule has 3 aromatic rings. The van der Waals surface area contributed by atoms with Gasteiger partial charge in [-0.2, -0.15) is 4.98 Å². The Morgan fingerprint density at radius 1 is 1.22 bits per heavy atom. The number of fused-ring (bicyclic) bond motifs is 1. The van der Waals surface area contributed by atoms with Crippen LogP contribution in [0.2, 0.25) is 0 Å². The van der Waals surface area contributed by atoms with Crippen LogP contribution in [0, 0.1) is 13.8 Å². The molecule has 1 fully saturated rings. The second kappa shape index (κ2) is 6.68. The summed E-state index contributed by atoms with van der Waals surface area (Å²) in [5.41, 5.74) is 3.43. The Kier molecular flexibility index (Phi) is 4.34. The molecule has 2 aromatic heterocycles. The van der Waals surface area contributed by atoms with Crippen LogP contribution in [-0.2, 0) is 6.42 Å². The molecule has 140 valence electrons. The zero-order valence-electron chi connectivity index (χ0n) is 15.9. The first-order chi connectivity index (χ1) is 13.0. The van der Waals surface area contributed by atoms with E-state index in [0.29, 0.717) is 34.9 Å². The Labute approximate surface area is 158 Å². The molecule has 4 rings (SSSR count). The Bertz CT molecular complexity index is 1000. The van der Waals surface area contributed by atoms with Crippen molar-refractivity contribution in [3.8, 4) is 0 Å². The number of hydrogen-bond donors (Lipinski definition) is 2. The minimum Gasteiger partial charge on any atom is -0.445 e. The van der Waals surface area contributed by atoms with E-state index < -0.39 is 0 Å². The SMILES string of the molecule is Cc1nc(NC2(C)CC2)c2c(C(=O)NCCc3ccccc3C)coc2n1. The van der Waals surface area contributed by atoms with Crippen LogP contribution in [0.4, 0.5) is 5.82 Å². The molecule has 6 heteroatoms. The van der Waals surface area contributed by atoms with Gasteiger partial charge < -0.3 is 15.1 Å². The second-order valence-corrected chi connectivity index (χ2v) is 7.57. The Balaban J connectivity index is 1.54. The molecule has 0 spiro atoms. The number of carbonyl (C=O) groups excluding carboxylic acids is 1. The van der Waals surface area contributed by atoms with E-state index in [-0.39, 0.29) is 11.4 Å². The van der Waals surface area contributed by atoms with Crippen LogP contribution in [-0.4, -0.2) is 28.0 Å². The van der Waals surface area contributed by atoms with E-state index in [1.54, 1.807) is 0 Å². The summed E-state index contributed by atoms with van der Waals surface area (Å²) in [5.74, 6) is 1.13. The van der Waals surface area contributed by atoms with Gasteiger partial charge in [-0.3, -0.25) is 4.79 Å². The maximum absolute atomic E-state index is 12.8. The third-order valence-electron chi connectivity index (χ3n) is 5.15. The second-order valence-electron chi connectivity index (χ2n) is 7.57. The molecule has 27 heavy (non-hydrogen) atoms. The first-order valence-corrected chi connectivity index (χ1v) is 9.32.